The minimum atomic E-state index is -1.20. The van der Waals surface area contributed by atoms with E-state index in [1.54, 1.807) is 38.9 Å². The van der Waals surface area contributed by atoms with Gasteiger partial charge in [-0.3, -0.25) is 29.0 Å². The van der Waals surface area contributed by atoms with Gasteiger partial charge in [0.05, 0.1) is 6.04 Å². The maximum Gasteiger partial charge on any atom is 0.326 e. The van der Waals surface area contributed by atoms with Crippen molar-refractivity contribution >= 4 is 52.4 Å². The fourth-order valence-electron chi connectivity index (χ4n) is 8.99. The Morgan fingerprint density at radius 2 is 1.54 bits per heavy atom. The number of carboxylic acids is 1. The Hall–Kier alpha value is -5.23. The lowest BCUT2D eigenvalue weighted by atomic mass is 9.84. The highest BCUT2D eigenvalue weighted by Crippen LogP contribution is 2.40. The molecule has 1 aromatic carbocycles. The molecule has 2 aliphatic rings. The molecular weight excluding hydrogens is 807 g/mol. The molecule has 1 aromatic heterocycles. The van der Waals surface area contributed by atoms with Crippen LogP contribution in [-0.4, -0.2) is 119 Å². The second-order valence-corrected chi connectivity index (χ2v) is 18.7. The zero-order valence-corrected chi connectivity index (χ0v) is 38.0. The number of likely N-dealkylation sites (N-methyl/N-ethyl adjacent to an activating group) is 1. The highest BCUT2D eigenvalue weighted by molar-refractivity contribution is 5.97. The Labute approximate surface area is 371 Å². The van der Waals surface area contributed by atoms with Crippen LogP contribution in [0.25, 0.3) is 10.9 Å². The number of hydrogen-bond donors (Lipinski definition) is 10. The molecule has 350 valence electrons. The van der Waals surface area contributed by atoms with E-state index in [2.05, 4.69) is 36.6 Å². The van der Waals surface area contributed by atoms with Crippen molar-refractivity contribution in [1.82, 2.24) is 36.5 Å². The number of aliphatic imine (C=N–C) groups is 1. The third-order valence-corrected chi connectivity index (χ3v) is 12.3. The Balaban J connectivity index is 1.66. The SMILES string of the molecule is CN[C@@H](CCCN=C(N)N)C(=O)N[C@@H](CCCCN)C(=O)N1[C@H](C(=O)N[C@@H](Cc2c[nH]c3ccccc23)C(=O)N[C@H](C(=O)N[C@@H](CC(C)C)C(=O)O)C(C)(C)C)C[C@@H]2CCCC[C@@H]21. The number of H-pyrrole nitrogens is 1. The van der Waals surface area contributed by atoms with Crippen molar-refractivity contribution in [2.24, 2.45) is 39.4 Å². The molecule has 18 nitrogen and oxygen atoms in total. The molecule has 2 aromatic rings. The van der Waals surface area contributed by atoms with Gasteiger partial charge in [0.15, 0.2) is 5.96 Å². The average molecular weight is 880 g/mol. The van der Waals surface area contributed by atoms with Crippen LogP contribution in [0, 0.1) is 17.3 Å². The van der Waals surface area contributed by atoms with Gasteiger partial charge >= 0.3 is 5.97 Å². The molecule has 0 unspecified atom stereocenters. The maximum absolute atomic E-state index is 14.9. The number of likely N-dealkylation sites (tertiary alicyclic amines) is 1. The van der Waals surface area contributed by atoms with E-state index in [-0.39, 0.29) is 48.5 Å². The lowest BCUT2D eigenvalue weighted by molar-refractivity contribution is -0.145. The molecule has 13 N–H and O–H groups in total. The number of aromatic amines is 1. The van der Waals surface area contributed by atoms with Gasteiger partial charge in [-0.25, -0.2) is 4.79 Å². The predicted molar refractivity (Wildman–Crippen MR) is 243 cm³/mol. The smallest absolute Gasteiger partial charge is 0.326 e. The van der Waals surface area contributed by atoms with Crippen LogP contribution in [0.15, 0.2) is 35.5 Å². The molecule has 1 aliphatic heterocycles. The van der Waals surface area contributed by atoms with Crippen molar-refractivity contribution in [1.29, 1.82) is 0 Å². The third kappa shape index (κ3) is 14.1. The van der Waals surface area contributed by atoms with Crippen molar-refractivity contribution in [3.05, 3.63) is 36.0 Å². The van der Waals surface area contributed by atoms with Crippen LogP contribution >= 0.6 is 0 Å². The number of carbonyl (C=O) groups is 6. The van der Waals surface area contributed by atoms with Crippen LogP contribution in [0.4, 0.5) is 0 Å². The normalized spacial score (nSPS) is 19.9. The number of amides is 5. The summed E-state index contributed by atoms with van der Waals surface area (Å²) < 4.78 is 0. The average Bonchev–Trinajstić information content (AvgIpc) is 3.82. The molecule has 2 heterocycles. The van der Waals surface area contributed by atoms with Gasteiger partial charge in [0.2, 0.25) is 29.5 Å². The topological polar surface area (TPSA) is 292 Å². The lowest BCUT2D eigenvalue weighted by Gasteiger charge is -2.37. The fourth-order valence-corrected chi connectivity index (χ4v) is 8.99. The molecule has 8 atom stereocenters. The number of rotatable bonds is 23. The lowest BCUT2D eigenvalue weighted by Crippen LogP contribution is -2.62. The zero-order valence-electron chi connectivity index (χ0n) is 38.0. The summed E-state index contributed by atoms with van der Waals surface area (Å²) >= 11 is 0. The van der Waals surface area contributed by atoms with Crippen LogP contribution in [0.1, 0.15) is 111 Å². The van der Waals surface area contributed by atoms with Crippen LogP contribution < -0.4 is 43.8 Å². The summed E-state index contributed by atoms with van der Waals surface area (Å²) in [5.41, 5.74) is 17.5. The van der Waals surface area contributed by atoms with E-state index in [1.807, 2.05) is 38.1 Å². The molecule has 5 amide bonds. The van der Waals surface area contributed by atoms with Crippen molar-refractivity contribution < 1.29 is 33.9 Å². The molecule has 0 spiro atoms. The van der Waals surface area contributed by atoms with Crippen molar-refractivity contribution in [2.45, 2.75) is 154 Å². The molecule has 18 heteroatoms. The van der Waals surface area contributed by atoms with Gasteiger partial charge in [0, 0.05) is 36.1 Å². The van der Waals surface area contributed by atoms with E-state index in [4.69, 9.17) is 17.2 Å². The van der Waals surface area contributed by atoms with Crippen LogP contribution in [0.3, 0.4) is 0 Å². The second kappa shape index (κ2) is 23.5. The van der Waals surface area contributed by atoms with Gasteiger partial charge in [-0.05, 0) is 100 Å². The summed E-state index contributed by atoms with van der Waals surface area (Å²) in [6, 6.07) is 1.30. The number of unbranched alkanes of at least 4 members (excludes halogenated alkanes) is 1. The number of aliphatic carboxylic acids is 1. The first-order valence-corrected chi connectivity index (χ1v) is 22.6. The summed E-state index contributed by atoms with van der Waals surface area (Å²) in [6.45, 7) is 9.76. The number of benzene rings is 1. The molecule has 1 saturated carbocycles. The van der Waals surface area contributed by atoms with E-state index in [9.17, 15) is 33.9 Å². The molecule has 0 radical (unpaired) electrons. The van der Waals surface area contributed by atoms with Gasteiger partial charge in [0.25, 0.3) is 0 Å². The molecule has 2 fully saturated rings. The summed E-state index contributed by atoms with van der Waals surface area (Å²) in [4.78, 5) is 92.9. The predicted octanol–water partition coefficient (Wildman–Crippen LogP) is 1.76. The minimum Gasteiger partial charge on any atom is -0.480 e. The highest BCUT2D eigenvalue weighted by Gasteiger charge is 2.49. The van der Waals surface area contributed by atoms with E-state index >= 15 is 0 Å². The van der Waals surface area contributed by atoms with Gasteiger partial charge in [0.1, 0.15) is 30.2 Å². The van der Waals surface area contributed by atoms with Crippen molar-refractivity contribution in [3.8, 4) is 0 Å². The number of fused-ring (bicyclic) bond motifs is 2. The number of aromatic nitrogens is 1. The first-order chi connectivity index (χ1) is 29.9. The molecule has 1 aliphatic carbocycles. The van der Waals surface area contributed by atoms with E-state index in [0.29, 0.717) is 58.0 Å². The number of carboxylic acid groups (broad SMARTS) is 1. The summed E-state index contributed by atoms with van der Waals surface area (Å²) in [5, 5.41) is 25.3. The van der Waals surface area contributed by atoms with Gasteiger partial charge < -0.3 is 58.8 Å². The number of nitrogens with two attached hydrogens (primary N) is 3. The van der Waals surface area contributed by atoms with Crippen molar-refractivity contribution in [2.75, 3.05) is 20.1 Å². The van der Waals surface area contributed by atoms with Gasteiger partial charge in [-0.1, -0.05) is 65.7 Å². The summed E-state index contributed by atoms with van der Waals surface area (Å²) in [7, 11) is 1.67. The van der Waals surface area contributed by atoms with E-state index in [0.717, 1.165) is 35.7 Å². The fraction of sp³-hybridized carbons (Fsp3) is 0.667. The molecule has 1 saturated heterocycles. The molecule has 4 rings (SSSR count). The largest absolute Gasteiger partial charge is 0.480 e. The zero-order chi connectivity index (χ0) is 46.4. The number of carbonyl (C=O) groups excluding carboxylic acids is 5. The first-order valence-electron chi connectivity index (χ1n) is 22.6. The number of nitrogens with one attached hydrogen (secondary N) is 6. The Morgan fingerprint density at radius 3 is 2.19 bits per heavy atom. The van der Waals surface area contributed by atoms with Crippen LogP contribution in [0.2, 0.25) is 0 Å². The Bertz CT molecular complexity index is 1910. The number of hydrogen-bond acceptors (Lipinski definition) is 9. The molecular formula is C45H73N11O7. The molecule has 63 heavy (non-hydrogen) atoms. The monoisotopic (exact) mass is 880 g/mol. The summed E-state index contributed by atoms with van der Waals surface area (Å²) in [6.07, 6.45) is 8.23. The first kappa shape index (κ1) is 50.4. The number of para-hydroxylation sites is 1. The number of guanidine groups is 1. The van der Waals surface area contributed by atoms with Crippen LogP contribution in [0.5, 0.6) is 0 Å². The van der Waals surface area contributed by atoms with E-state index < -0.39 is 65.4 Å². The third-order valence-electron chi connectivity index (χ3n) is 12.3. The maximum atomic E-state index is 14.9. The van der Waals surface area contributed by atoms with Crippen LogP contribution in [-0.2, 0) is 35.2 Å². The quantitative estimate of drug-likeness (QED) is 0.0436. The Kier molecular flexibility index (Phi) is 18.8. The Morgan fingerprint density at radius 1 is 0.873 bits per heavy atom. The standard InChI is InChI=1S/C45H73N11O7/c1-26(2)22-34(43(62)63)54-41(60)37(45(3,4)5)55-39(58)33(23-28-25-51-30-16-9-8-15-29(28)30)53-40(59)36-24-27-14-7-10-19-35(27)56(36)42(61)32(17-11-12-20-46)52-38(57)31(49-6)18-13-21-50-44(47)48/h8-9,15-16,25-27,31-37,49,51H,7,10-14,17-24,46H2,1-6H3,(H,52,57)(H,53,59)(H,54,60)(H,55,58)(H,62,63)(H4,47,48,50)/t27-,31-,32-,33-,34-,35-,36-,37+/m0/s1. The van der Waals surface area contributed by atoms with E-state index in [1.165, 1.54) is 0 Å². The van der Waals surface area contributed by atoms with Gasteiger partial charge in [-0.15, -0.1) is 0 Å². The highest BCUT2D eigenvalue weighted by atomic mass is 16.4. The summed E-state index contributed by atoms with van der Waals surface area (Å²) in [5.74, 6) is -3.73. The number of nitrogens with zero attached hydrogens (tertiary/aromatic N) is 2. The van der Waals surface area contributed by atoms with Crippen molar-refractivity contribution in [3.63, 3.8) is 0 Å². The van der Waals surface area contributed by atoms with Gasteiger partial charge in [-0.2, -0.15) is 0 Å². The second-order valence-electron chi connectivity index (χ2n) is 18.7. The molecule has 0 bridgehead atoms. The minimum absolute atomic E-state index is 0.0219.